The van der Waals surface area contributed by atoms with Gasteiger partial charge < -0.3 is 15.2 Å². The topological polar surface area (TPSA) is 46.1 Å². The second-order valence-electron chi connectivity index (χ2n) is 5.40. The molecule has 0 bridgehead atoms. The van der Waals surface area contributed by atoms with E-state index in [9.17, 15) is 4.79 Å². The smallest absolute Gasteiger partial charge is 0.244 e. The lowest BCUT2D eigenvalue weighted by atomic mass is 10.3. The molecule has 2 N–H and O–H groups in total. The van der Waals surface area contributed by atoms with Crippen molar-refractivity contribution in [1.29, 1.82) is 0 Å². The van der Waals surface area contributed by atoms with E-state index in [1.807, 2.05) is 23.0 Å². The molecule has 1 aromatic carbocycles. The van der Waals surface area contributed by atoms with Gasteiger partial charge in [-0.25, -0.2) is 0 Å². The molecule has 0 aliphatic heterocycles. The van der Waals surface area contributed by atoms with Crippen LogP contribution in [0.25, 0.3) is 0 Å². The minimum atomic E-state index is -0.0466. The second kappa shape index (κ2) is 6.33. The number of anilines is 1. The predicted molar refractivity (Wildman–Crippen MR) is 84.4 cm³/mol. The monoisotopic (exact) mass is 303 g/mol. The molecule has 0 unspecified atom stereocenters. The average Bonchev–Trinajstić information content (AvgIpc) is 3.19. The largest absolute Gasteiger partial charge is 0.345 e. The zero-order valence-electron chi connectivity index (χ0n) is 11.7. The van der Waals surface area contributed by atoms with E-state index in [4.69, 9.17) is 11.6 Å². The highest BCUT2D eigenvalue weighted by Gasteiger charge is 2.20. The summed E-state index contributed by atoms with van der Waals surface area (Å²) in [6, 6.07) is 9.84. The Morgan fingerprint density at radius 1 is 1.24 bits per heavy atom. The summed E-state index contributed by atoms with van der Waals surface area (Å²) in [6.07, 6.45) is 6.51. The summed E-state index contributed by atoms with van der Waals surface area (Å²) < 4.78 is 1.90. The first kappa shape index (κ1) is 14.2. The van der Waals surface area contributed by atoms with Gasteiger partial charge >= 0.3 is 0 Å². The van der Waals surface area contributed by atoms with Crippen molar-refractivity contribution in [3.63, 3.8) is 0 Å². The van der Waals surface area contributed by atoms with Crippen LogP contribution in [0.1, 0.15) is 18.4 Å². The number of amides is 1. The van der Waals surface area contributed by atoms with Crippen molar-refractivity contribution in [3.05, 3.63) is 53.3 Å². The lowest BCUT2D eigenvalue weighted by Gasteiger charge is -2.06. The van der Waals surface area contributed by atoms with Gasteiger partial charge in [-0.2, -0.15) is 0 Å². The molecule has 1 aliphatic rings. The molecule has 4 nitrogen and oxygen atoms in total. The Hall–Kier alpha value is -1.78. The Morgan fingerprint density at radius 3 is 2.71 bits per heavy atom. The highest BCUT2D eigenvalue weighted by molar-refractivity contribution is 6.30. The molecule has 1 aliphatic carbocycles. The van der Waals surface area contributed by atoms with Gasteiger partial charge in [0.1, 0.15) is 6.54 Å². The summed E-state index contributed by atoms with van der Waals surface area (Å²) in [5.74, 6) is -0.0466. The van der Waals surface area contributed by atoms with Gasteiger partial charge in [-0.1, -0.05) is 11.6 Å². The molecule has 1 amide bonds. The van der Waals surface area contributed by atoms with Gasteiger partial charge in [-0.05, 0) is 48.7 Å². The van der Waals surface area contributed by atoms with Crippen LogP contribution in [0.15, 0.2) is 42.7 Å². The van der Waals surface area contributed by atoms with Crippen LogP contribution in [0, 0.1) is 0 Å². The van der Waals surface area contributed by atoms with Crippen LogP contribution in [0.3, 0.4) is 0 Å². The summed E-state index contributed by atoms with van der Waals surface area (Å²) in [6.45, 7) is 1.18. The fourth-order valence-electron chi connectivity index (χ4n) is 2.14. The minimum absolute atomic E-state index is 0.0466. The lowest BCUT2D eigenvalue weighted by Crippen LogP contribution is -2.18. The fraction of sp³-hybridized carbons (Fsp3) is 0.312. The molecular weight excluding hydrogens is 286 g/mol. The van der Waals surface area contributed by atoms with Gasteiger partial charge in [-0.3, -0.25) is 4.79 Å². The Balaban J connectivity index is 1.50. The quantitative estimate of drug-likeness (QED) is 0.861. The highest BCUT2D eigenvalue weighted by Crippen LogP contribution is 2.19. The molecule has 0 atom stereocenters. The number of carbonyl (C=O) groups is 1. The maximum Gasteiger partial charge on any atom is 0.244 e. The van der Waals surface area contributed by atoms with Gasteiger partial charge in [0.05, 0.1) is 0 Å². The zero-order chi connectivity index (χ0) is 14.7. The Kier molecular flexibility index (Phi) is 4.27. The SMILES string of the molecule is O=C(Cn1ccc(CNC2CC2)c1)Nc1ccc(Cl)cc1. The number of hydrogen-bond donors (Lipinski definition) is 2. The maximum absolute atomic E-state index is 12.0. The number of hydrogen-bond acceptors (Lipinski definition) is 2. The van der Waals surface area contributed by atoms with Gasteiger partial charge in [0, 0.05) is 35.7 Å². The van der Waals surface area contributed by atoms with Crippen molar-refractivity contribution >= 4 is 23.2 Å². The fourth-order valence-corrected chi connectivity index (χ4v) is 2.27. The highest BCUT2D eigenvalue weighted by atomic mass is 35.5. The lowest BCUT2D eigenvalue weighted by molar-refractivity contribution is -0.116. The molecule has 110 valence electrons. The third kappa shape index (κ3) is 4.34. The second-order valence-corrected chi connectivity index (χ2v) is 5.84. The van der Waals surface area contributed by atoms with Gasteiger partial charge in [0.2, 0.25) is 5.91 Å². The van der Waals surface area contributed by atoms with Gasteiger partial charge in [0.25, 0.3) is 0 Å². The van der Waals surface area contributed by atoms with Crippen LogP contribution in [-0.2, 0) is 17.9 Å². The van der Waals surface area contributed by atoms with Crippen molar-refractivity contribution in [2.45, 2.75) is 32.0 Å². The standard InChI is InChI=1S/C16H18ClN3O/c17-13-1-3-15(4-2-13)19-16(21)11-20-8-7-12(10-20)9-18-14-5-6-14/h1-4,7-8,10,14,18H,5-6,9,11H2,(H,19,21). The minimum Gasteiger partial charge on any atom is -0.345 e. The molecule has 0 radical (unpaired) electrons. The molecular formula is C16H18ClN3O. The predicted octanol–water partition coefficient (Wildman–Crippen LogP) is 3.03. The van der Waals surface area contributed by atoms with Crippen molar-refractivity contribution in [3.8, 4) is 0 Å². The first-order valence-electron chi connectivity index (χ1n) is 7.12. The molecule has 1 fully saturated rings. The molecule has 21 heavy (non-hydrogen) atoms. The molecule has 5 heteroatoms. The number of benzene rings is 1. The van der Waals surface area contributed by atoms with E-state index >= 15 is 0 Å². The Bertz CT molecular complexity index is 617. The van der Waals surface area contributed by atoms with E-state index in [1.54, 1.807) is 24.3 Å². The summed E-state index contributed by atoms with van der Waals surface area (Å²) in [4.78, 5) is 12.0. The van der Waals surface area contributed by atoms with Crippen LogP contribution < -0.4 is 10.6 Å². The Morgan fingerprint density at radius 2 is 2.00 bits per heavy atom. The zero-order valence-corrected chi connectivity index (χ0v) is 12.4. The van der Waals surface area contributed by atoms with E-state index in [2.05, 4.69) is 10.6 Å². The number of rotatable bonds is 6. The molecule has 1 saturated carbocycles. The molecule has 1 heterocycles. The van der Waals surface area contributed by atoms with E-state index < -0.39 is 0 Å². The van der Waals surface area contributed by atoms with Crippen molar-refractivity contribution < 1.29 is 4.79 Å². The molecule has 0 saturated heterocycles. The summed E-state index contributed by atoms with van der Waals surface area (Å²) in [5.41, 5.74) is 1.97. The van der Waals surface area contributed by atoms with E-state index in [1.165, 1.54) is 18.4 Å². The normalized spacial score (nSPS) is 14.1. The first-order valence-corrected chi connectivity index (χ1v) is 7.50. The van der Waals surface area contributed by atoms with E-state index in [0.29, 0.717) is 17.6 Å². The van der Waals surface area contributed by atoms with Crippen LogP contribution in [0.5, 0.6) is 0 Å². The van der Waals surface area contributed by atoms with E-state index in [0.717, 1.165) is 12.2 Å². The van der Waals surface area contributed by atoms with E-state index in [-0.39, 0.29) is 5.91 Å². The Labute approximate surface area is 129 Å². The van der Waals surface area contributed by atoms with Crippen molar-refractivity contribution in [2.75, 3.05) is 5.32 Å². The maximum atomic E-state index is 12.0. The van der Waals surface area contributed by atoms with Gasteiger partial charge in [-0.15, -0.1) is 0 Å². The molecule has 0 spiro atoms. The van der Waals surface area contributed by atoms with Crippen LogP contribution in [0.2, 0.25) is 5.02 Å². The number of nitrogens with zero attached hydrogens (tertiary/aromatic N) is 1. The number of aromatic nitrogens is 1. The first-order chi connectivity index (χ1) is 10.2. The third-order valence-electron chi connectivity index (χ3n) is 3.44. The average molecular weight is 304 g/mol. The number of carbonyl (C=O) groups excluding carboxylic acids is 1. The van der Waals surface area contributed by atoms with Crippen molar-refractivity contribution in [1.82, 2.24) is 9.88 Å². The van der Waals surface area contributed by atoms with Gasteiger partial charge in [0.15, 0.2) is 0 Å². The molecule has 1 aromatic heterocycles. The number of nitrogens with one attached hydrogen (secondary N) is 2. The van der Waals surface area contributed by atoms with Crippen LogP contribution in [0.4, 0.5) is 5.69 Å². The third-order valence-corrected chi connectivity index (χ3v) is 3.69. The number of halogens is 1. The van der Waals surface area contributed by atoms with Crippen LogP contribution in [-0.4, -0.2) is 16.5 Å². The summed E-state index contributed by atoms with van der Waals surface area (Å²) in [7, 11) is 0. The summed E-state index contributed by atoms with van der Waals surface area (Å²) >= 11 is 5.81. The van der Waals surface area contributed by atoms with Crippen LogP contribution >= 0.6 is 11.6 Å². The van der Waals surface area contributed by atoms with Crippen molar-refractivity contribution in [2.24, 2.45) is 0 Å². The molecule has 2 aromatic rings. The summed E-state index contributed by atoms with van der Waals surface area (Å²) in [5, 5.41) is 6.97. The molecule has 3 rings (SSSR count).